The van der Waals surface area contributed by atoms with Gasteiger partial charge in [-0.15, -0.1) is 0 Å². The van der Waals surface area contributed by atoms with E-state index in [2.05, 4.69) is 14.6 Å². The predicted octanol–water partition coefficient (Wildman–Crippen LogP) is 1.49. The smallest absolute Gasteiger partial charge is 0.377 e. The topological polar surface area (TPSA) is 87.3 Å². The number of para-hydroxylation sites is 1. The van der Waals surface area contributed by atoms with E-state index in [0.717, 1.165) is 18.6 Å². The second kappa shape index (κ2) is 7.07. The minimum atomic E-state index is -0.866. The number of ether oxygens (including phenoxy) is 2. The van der Waals surface area contributed by atoms with E-state index in [-0.39, 0.29) is 5.55 Å². The Morgan fingerprint density at radius 2 is 1.86 bits per heavy atom. The molecule has 0 saturated carbocycles. The fourth-order valence-corrected chi connectivity index (χ4v) is 1.55. The van der Waals surface area contributed by atoms with E-state index in [1.165, 1.54) is 7.11 Å². The van der Waals surface area contributed by atoms with Gasteiger partial charge in [0, 0.05) is 11.5 Å². The molecule has 0 aliphatic rings. The summed E-state index contributed by atoms with van der Waals surface area (Å²) in [5.74, 6) is -2.06. The van der Waals surface area contributed by atoms with Crippen molar-refractivity contribution in [1.29, 1.82) is 0 Å². The van der Waals surface area contributed by atoms with E-state index < -0.39 is 17.7 Å². The highest BCUT2D eigenvalue weighted by atomic mass is 16.7. The van der Waals surface area contributed by atoms with Gasteiger partial charge < -0.3 is 18.7 Å². The fourth-order valence-electron chi connectivity index (χ4n) is 1.55. The van der Waals surface area contributed by atoms with E-state index in [1.54, 1.807) is 18.2 Å². The molecule has 1 heterocycles. The van der Waals surface area contributed by atoms with Gasteiger partial charge in [0.15, 0.2) is 0 Å². The molecular formula is C15H13NO6. The van der Waals surface area contributed by atoms with E-state index in [4.69, 9.17) is 9.25 Å². The SMILES string of the molecule is COC(=O)/C=C(/O/N=c1/ccc2ccccc2o1)C(=O)OC. The standard InChI is InChI=1S/C15H13NO6/c1-19-14(17)9-12(15(18)20-2)22-16-13-8-7-10-5-3-4-6-11(10)21-13/h3-9H,1-2H3/b12-9+,16-13-. The molecule has 0 fully saturated rings. The van der Waals surface area contributed by atoms with Crippen LogP contribution in [0.1, 0.15) is 0 Å². The summed E-state index contributed by atoms with van der Waals surface area (Å²) in [6, 6.07) is 10.7. The van der Waals surface area contributed by atoms with Gasteiger partial charge in [0.05, 0.1) is 20.3 Å². The number of hydrogen-bond acceptors (Lipinski definition) is 7. The molecule has 2 rings (SSSR count). The van der Waals surface area contributed by atoms with Gasteiger partial charge in [0.25, 0.3) is 5.55 Å². The van der Waals surface area contributed by atoms with E-state index in [0.29, 0.717) is 5.58 Å². The van der Waals surface area contributed by atoms with Gasteiger partial charge in [-0.05, 0) is 17.3 Å². The average Bonchev–Trinajstić information content (AvgIpc) is 2.57. The Labute approximate surface area is 125 Å². The van der Waals surface area contributed by atoms with Gasteiger partial charge in [-0.2, -0.15) is 0 Å². The first kappa shape index (κ1) is 15.3. The highest BCUT2D eigenvalue weighted by molar-refractivity contribution is 5.94. The molecule has 0 unspecified atom stereocenters. The van der Waals surface area contributed by atoms with Crippen LogP contribution in [0.15, 0.2) is 57.8 Å². The summed E-state index contributed by atoms with van der Waals surface area (Å²) >= 11 is 0. The Bertz CT molecular complexity index is 790. The third-order valence-electron chi connectivity index (χ3n) is 2.61. The van der Waals surface area contributed by atoms with Gasteiger partial charge in [-0.25, -0.2) is 9.59 Å². The maximum absolute atomic E-state index is 11.5. The summed E-state index contributed by atoms with van der Waals surface area (Å²) in [5, 5.41) is 4.56. The monoisotopic (exact) mass is 303 g/mol. The lowest BCUT2D eigenvalue weighted by Crippen LogP contribution is -2.11. The molecule has 0 spiro atoms. The van der Waals surface area contributed by atoms with Crippen molar-refractivity contribution >= 4 is 22.9 Å². The first-order valence-electron chi connectivity index (χ1n) is 6.22. The molecule has 7 nitrogen and oxygen atoms in total. The zero-order valence-corrected chi connectivity index (χ0v) is 11.9. The van der Waals surface area contributed by atoms with Gasteiger partial charge >= 0.3 is 11.9 Å². The van der Waals surface area contributed by atoms with Crippen LogP contribution in [0.5, 0.6) is 0 Å². The lowest BCUT2D eigenvalue weighted by atomic mass is 10.2. The number of benzene rings is 1. The molecule has 0 amide bonds. The zero-order valence-electron chi connectivity index (χ0n) is 11.9. The number of methoxy groups -OCH3 is 2. The third kappa shape index (κ3) is 3.72. The van der Waals surface area contributed by atoms with Crippen LogP contribution in [-0.4, -0.2) is 26.2 Å². The minimum Gasteiger partial charge on any atom is -0.466 e. The van der Waals surface area contributed by atoms with Crippen LogP contribution < -0.4 is 5.55 Å². The fraction of sp³-hybridized carbons (Fsp3) is 0.133. The second-order valence-electron chi connectivity index (χ2n) is 4.02. The summed E-state index contributed by atoms with van der Waals surface area (Å²) < 4.78 is 14.4. The molecule has 0 atom stereocenters. The quantitative estimate of drug-likeness (QED) is 0.368. The molecule has 0 saturated heterocycles. The van der Waals surface area contributed by atoms with E-state index >= 15 is 0 Å². The second-order valence-corrected chi connectivity index (χ2v) is 4.02. The molecule has 1 aromatic carbocycles. The minimum absolute atomic E-state index is 0.123. The normalized spacial score (nSPS) is 12.1. The van der Waals surface area contributed by atoms with Crippen LogP contribution in [0, 0.1) is 0 Å². The Morgan fingerprint density at radius 1 is 1.09 bits per heavy atom. The van der Waals surface area contributed by atoms with Gasteiger partial charge in [0.1, 0.15) is 5.58 Å². The van der Waals surface area contributed by atoms with Crippen molar-refractivity contribution in [2.24, 2.45) is 5.16 Å². The number of carbonyl (C=O) groups excluding carboxylic acids is 2. The van der Waals surface area contributed by atoms with Crippen molar-refractivity contribution in [3.63, 3.8) is 0 Å². The maximum Gasteiger partial charge on any atom is 0.377 e. The van der Waals surface area contributed by atoms with E-state index in [1.807, 2.05) is 18.2 Å². The summed E-state index contributed by atoms with van der Waals surface area (Å²) in [7, 11) is 2.32. The zero-order chi connectivity index (χ0) is 15.9. The predicted molar refractivity (Wildman–Crippen MR) is 75.0 cm³/mol. The molecule has 0 radical (unpaired) electrons. The molecule has 0 N–H and O–H groups in total. The van der Waals surface area contributed by atoms with Crippen LogP contribution >= 0.6 is 0 Å². The van der Waals surface area contributed by atoms with Gasteiger partial charge in [-0.1, -0.05) is 18.2 Å². The number of fused-ring (bicyclic) bond motifs is 1. The van der Waals surface area contributed by atoms with Gasteiger partial charge in [0.2, 0.25) is 5.76 Å². The van der Waals surface area contributed by atoms with Crippen molar-refractivity contribution in [3.8, 4) is 0 Å². The number of rotatable bonds is 4. The summed E-state index contributed by atoms with van der Waals surface area (Å²) in [6.45, 7) is 0. The van der Waals surface area contributed by atoms with Crippen molar-refractivity contribution in [2.75, 3.05) is 14.2 Å². The van der Waals surface area contributed by atoms with Crippen LogP contribution in [0.25, 0.3) is 11.0 Å². The molecule has 0 aliphatic heterocycles. The van der Waals surface area contributed by atoms with Crippen LogP contribution in [0.3, 0.4) is 0 Å². The first-order chi connectivity index (χ1) is 10.6. The highest BCUT2D eigenvalue weighted by Crippen LogP contribution is 2.09. The van der Waals surface area contributed by atoms with Crippen molar-refractivity contribution in [1.82, 2.24) is 0 Å². The van der Waals surface area contributed by atoms with Crippen LogP contribution in [-0.2, 0) is 23.9 Å². The largest absolute Gasteiger partial charge is 0.466 e. The molecule has 0 bridgehead atoms. The van der Waals surface area contributed by atoms with Crippen LogP contribution in [0.2, 0.25) is 0 Å². The number of esters is 2. The Balaban J connectivity index is 2.31. The maximum atomic E-state index is 11.5. The molecule has 1 aromatic heterocycles. The third-order valence-corrected chi connectivity index (χ3v) is 2.61. The Hall–Kier alpha value is -3.09. The first-order valence-corrected chi connectivity index (χ1v) is 6.22. The molecule has 114 valence electrons. The lowest BCUT2D eigenvalue weighted by molar-refractivity contribution is -0.142. The van der Waals surface area contributed by atoms with Crippen molar-refractivity contribution < 1.29 is 28.3 Å². The van der Waals surface area contributed by atoms with Gasteiger partial charge in [-0.3, -0.25) is 0 Å². The highest BCUT2D eigenvalue weighted by Gasteiger charge is 2.14. The summed E-state index contributed by atoms with van der Waals surface area (Å²) in [4.78, 5) is 27.6. The number of carbonyl (C=O) groups is 2. The number of hydrogen-bond donors (Lipinski definition) is 0. The molecule has 2 aromatic rings. The number of nitrogens with zero attached hydrogens (tertiary/aromatic N) is 1. The van der Waals surface area contributed by atoms with Crippen molar-refractivity contribution in [3.05, 3.63) is 53.8 Å². The summed E-state index contributed by atoms with van der Waals surface area (Å²) in [5.41, 5.74) is 0.724. The lowest BCUT2D eigenvalue weighted by Gasteiger charge is -2.01. The Morgan fingerprint density at radius 3 is 2.59 bits per heavy atom. The molecule has 22 heavy (non-hydrogen) atoms. The summed E-state index contributed by atoms with van der Waals surface area (Å²) in [6.07, 6.45) is 0.830. The van der Waals surface area contributed by atoms with E-state index in [9.17, 15) is 9.59 Å². The Kier molecular flexibility index (Phi) is 4.92. The van der Waals surface area contributed by atoms with Crippen molar-refractivity contribution in [2.45, 2.75) is 0 Å². The molecule has 7 heteroatoms. The van der Waals surface area contributed by atoms with Crippen LogP contribution in [0.4, 0.5) is 0 Å². The average molecular weight is 303 g/mol. The molecular weight excluding hydrogens is 290 g/mol. The molecule has 0 aliphatic carbocycles.